The Morgan fingerprint density at radius 2 is 2.00 bits per heavy atom. The number of nitrogens with two attached hydrogens (primary N) is 2. The van der Waals surface area contributed by atoms with Crippen molar-refractivity contribution in [3.05, 3.63) is 18.2 Å². The molecule has 0 aromatic carbocycles. The Morgan fingerprint density at radius 1 is 1.26 bits per heavy atom. The summed E-state index contributed by atoms with van der Waals surface area (Å²) in [6.45, 7) is 1.84. The van der Waals surface area contributed by atoms with Gasteiger partial charge >= 0.3 is 0 Å². The van der Waals surface area contributed by atoms with Crippen LogP contribution >= 0.6 is 0 Å². The Labute approximate surface area is 134 Å². The molecular formula is C14H24N6O3. The molecule has 0 radical (unpaired) electrons. The first-order chi connectivity index (χ1) is 10.9. The number of amides is 3. The minimum absolute atomic E-state index is 0.205. The molecule has 0 saturated heterocycles. The van der Waals surface area contributed by atoms with Gasteiger partial charge in [-0.3, -0.25) is 14.4 Å². The maximum Gasteiger partial charge on any atom is 0.243 e. The summed E-state index contributed by atoms with van der Waals surface area (Å²) in [7, 11) is 0. The summed E-state index contributed by atoms with van der Waals surface area (Å²) >= 11 is 0. The van der Waals surface area contributed by atoms with E-state index in [0.29, 0.717) is 25.1 Å². The highest BCUT2D eigenvalue weighted by Gasteiger charge is 2.25. The molecule has 9 heteroatoms. The van der Waals surface area contributed by atoms with E-state index >= 15 is 0 Å². The lowest BCUT2D eigenvalue weighted by Crippen LogP contribution is -2.53. The predicted octanol–water partition coefficient (Wildman–Crippen LogP) is -1.44. The van der Waals surface area contributed by atoms with Crippen molar-refractivity contribution in [1.82, 2.24) is 20.6 Å². The molecule has 0 bridgehead atoms. The Hall–Kier alpha value is -2.42. The van der Waals surface area contributed by atoms with Gasteiger partial charge in [-0.1, -0.05) is 0 Å². The van der Waals surface area contributed by atoms with E-state index in [1.54, 1.807) is 6.20 Å². The second-order valence-electron chi connectivity index (χ2n) is 5.28. The topological polar surface area (TPSA) is 156 Å². The van der Waals surface area contributed by atoms with Crippen LogP contribution in [0.4, 0.5) is 0 Å². The number of H-pyrrole nitrogens is 1. The summed E-state index contributed by atoms with van der Waals surface area (Å²) < 4.78 is 0. The average Bonchev–Trinajstić information content (AvgIpc) is 2.98. The van der Waals surface area contributed by atoms with Crippen molar-refractivity contribution < 1.29 is 14.4 Å². The molecule has 1 rings (SSSR count). The summed E-state index contributed by atoms with van der Waals surface area (Å²) in [5.74, 6) is -1.42. The van der Waals surface area contributed by atoms with Crippen molar-refractivity contribution >= 4 is 17.7 Å². The van der Waals surface area contributed by atoms with Crippen LogP contribution in [0.1, 0.15) is 31.9 Å². The highest BCUT2D eigenvalue weighted by atomic mass is 16.2. The first kappa shape index (κ1) is 18.6. The molecule has 1 heterocycles. The summed E-state index contributed by atoms with van der Waals surface area (Å²) in [6, 6.07) is -1.60. The van der Waals surface area contributed by atoms with Gasteiger partial charge in [0, 0.05) is 25.2 Å². The van der Waals surface area contributed by atoms with E-state index in [0.717, 1.165) is 6.42 Å². The van der Waals surface area contributed by atoms with Gasteiger partial charge in [0.1, 0.15) is 12.1 Å². The number of unbranched alkanes of at least 4 members (excludes halogenated alkanes) is 1. The van der Waals surface area contributed by atoms with Gasteiger partial charge in [-0.2, -0.15) is 0 Å². The molecule has 3 amide bonds. The lowest BCUT2D eigenvalue weighted by atomic mass is 10.1. The zero-order valence-corrected chi connectivity index (χ0v) is 13.2. The first-order valence-corrected chi connectivity index (χ1v) is 7.48. The Morgan fingerprint density at radius 3 is 2.52 bits per heavy atom. The van der Waals surface area contributed by atoms with Gasteiger partial charge in [0.2, 0.25) is 17.7 Å². The van der Waals surface area contributed by atoms with Crippen molar-refractivity contribution in [3.63, 3.8) is 0 Å². The second-order valence-corrected chi connectivity index (χ2v) is 5.28. The molecule has 9 nitrogen and oxygen atoms in total. The molecule has 2 atom stereocenters. The van der Waals surface area contributed by atoms with Gasteiger partial charge in [0.05, 0.1) is 6.33 Å². The quantitative estimate of drug-likeness (QED) is 0.333. The van der Waals surface area contributed by atoms with Crippen LogP contribution in [0, 0.1) is 0 Å². The van der Waals surface area contributed by atoms with Crippen LogP contribution < -0.4 is 22.1 Å². The van der Waals surface area contributed by atoms with Gasteiger partial charge in [-0.25, -0.2) is 4.98 Å². The second kappa shape index (κ2) is 9.57. The summed E-state index contributed by atoms with van der Waals surface area (Å²) in [6.07, 6.45) is 5.11. The maximum absolute atomic E-state index is 12.3. The number of imidazole rings is 1. The number of carbonyl (C=O) groups excluding carboxylic acids is 3. The van der Waals surface area contributed by atoms with Crippen LogP contribution in [0.2, 0.25) is 0 Å². The van der Waals surface area contributed by atoms with Crippen LogP contribution in [-0.4, -0.2) is 46.3 Å². The third-order valence-corrected chi connectivity index (χ3v) is 3.28. The number of hydrogen-bond donors (Lipinski definition) is 5. The number of aromatic nitrogens is 2. The minimum Gasteiger partial charge on any atom is -0.368 e. The molecule has 0 spiro atoms. The van der Waals surface area contributed by atoms with Crippen molar-refractivity contribution in [2.24, 2.45) is 11.5 Å². The first-order valence-electron chi connectivity index (χ1n) is 7.48. The number of carbonyl (C=O) groups is 3. The molecule has 23 heavy (non-hydrogen) atoms. The molecule has 0 saturated carbocycles. The maximum atomic E-state index is 12.3. The molecule has 1 aromatic heterocycles. The number of aromatic amines is 1. The van der Waals surface area contributed by atoms with Crippen molar-refractivity contribution in [3.8, 4) is 0 Å². The molecule has 0 unspecified atom stereocenters. The SMILES string of the molecule is CC(=O)N[C@@H](CCCCN)C(=O)N[C@@H](Cc1cnc[nH]1)C(N)=O. The molecule has 128 valence electrons. The summed E-state index contributed by atoms with van der Waals surface area (Å²) in [5, 5.41) is 5.16. The molecule has 0 aliphatic heterocycles. The molecule has 7 N–H and O–H groups in total. The van der Waals surface area contributed by atoms with E-state index in [2.05, 4.69) is 20.6 Å². The van der Waals surface area contributed by atoms with Crippen LogP contribution in [0.5, 0.6) is 0 Å². The predicted molar refractivity (Wildman–Crippen MR) is 83.9 cm³/mol. The molecule has 0 aliphatic carbocycles. The van der Waals surface area contributed by atoms with Crippen LogP contribution in [0.25, 0.3) is 0 Å². The van der Waals surface area contributed by atoms with Gasteiger partial charge in [0.25, 0.3) is 0 Å². The third-order valence-electron chi connectivity index (χ3n) is 3.28. The van der Waals surface area contributed by atoms with Crippen LogP contribution in [0.15, 0.2) is 12.5 Å². The standard InChI is InChI=1S/C14H24N6O3/c1-9(21)19-11(4-2-3-5-15)14(23)20-12(13(16)22)6-10-7-17-8-18-10/h7-8,11-12H,2-6,15H2,1H3,(H2,16,22)(H,17,18)(H,19,21)(H,20,23)/t11-,12-/m0/s1. The average molecular weight is 324 g/mol. The van der Waals surface area contributed by atoms with E-state index in [9.17, 15) is 14.4 Å². The Kier molecular flexibility index (Phi) is 7.75. The zero-order chi connectivity index (χ0) is 17.2. The summed E-state index contributed by atoms with van der Waals surface area (Å²) in [4.78, 5) is 41.8. The molecule has 0 fully saturated rings. The van der Waals surface area contributed by atoms with Crippen molar-refractivity contribution in [1.29, 1.82) is 0 Å². The Bertz CT molecular complexity index is 517. The van der Waals surface area contributed by atoms with Crippen LogP contribution in [0.3, 0.4) is 0 Å². The number of nitrogens with zero attached hydrogens (tertiary/aromatic N) is 1. The van der Waals surface area contributed by atoms with Crippen molar-refractivity contribution in [2.75, 3.05) is 6.54 Å². The van der Waals surface area contributed by atoms with Crippen molar-refractivity contribution in [2.45, 2.75) is 44.7 Å². The summed E-state index contributed by atoms with van der Waals surface area (Å²) in [5.41, 5.74) is 11.4. The third kappa shape index (κ3) is 6.92. The molecular weight excluding hydrogens is 300 g/mol. The van der Waals surface area contributed by atoms with E-state index < -0.39 is 23.9 Å². The number of hydrogen-bond acceptors (Lipinski definition) is 5. The molecule has 1 aromatic rings. The number of primary amides is 1. The van der Waals surface area contributed by atoms with Crippen LogP contribution in [-0.2, 0) is 20.8 Å². The fourth-order valence-corrected chi connectivity index (χ4v) is 2.12. The fraction of sp³-hybridized carbons (Fsp3) is 0.571. The monoisotopic (exact) mass is 324 g/mol. The van der Waals surface area contributed by atoms with Gasteiger partial charge in [-0.15, -0.1) is 0 Å². The Balaban J connectivity index is 2.67. The van der Waals surface area contributed by atoms with E-state index in [1.165, 1.54) is 13.3 Å². The highest BCUT2D eigenvalue weighted by Crippen LogP contribution is 2.03. The smallest absolute Gasteiger partial charge is 0.243 e. The zero-order valence-electron chi connectivity index (χ0n) is 13.2. The minimum atomic E-state index is -0.881. The fourth-order valence-electron chi connectivity index (χ4n) is 2.12. The number of nitrogens with one attached hydrogen (secondary N) is 3. The lowest BCUT2D eigenvalue weighted by molar-refractivity contribution is -0.131. The largest absolute Gasteiger partial charge is 0.368 e. The van der Waals surface area contributed by atoms with Gasteiger partial charge in [-0.05, 0) is 25.8 Å². The van der Waals surface area contributed by atoms with Gasteiger partial charge < -0.3 is 27.1 Å². The van der Waals surface area contributed by atoms with E-state index in [1.807, 2.05) is 0 Å². The van der Waals surface area contributed by atoms with Gasteiger partial charge in [0.15, 0.2) is 0 Å². The molecule has 0 aliphatic rings. The normalized spacial score (nSPS) is 13.1. The highest BCUT2D eigenvalue weighted by molar-refractivity contribution is 5.91. The van der Waals surface area contributed by atoms with E-state index in [4.69, 9.17) is 11.5 Å². The number of rotatable bonds is 10. The lowest BCUT2D eigenvalue weighted by Gasteiger charge is -2.21. The van der Waals surface area contributed by atoms with E-state index in [-0.39, 0.29) is 12.3 Å².